The van der Waals surface area contributed by atoms with E-state index < -0.39 is 15.0 Å². The second kappa shape index (κ2) is 3.84. The molecule has 14 heavy (non-hydrogen) atoms. The fourth-order valence-corrected chi connectivity index (χ4v) is 1.92. The third-order valence-corrected chi connectivity index (χ3v) is 2.95. The number of rotatable bonds is 2. The molecule has 1 rings (SSSR count). The maximum atomic E-state index is 10.9. The minimum Gasteiger partial charge on any atom is -0.629 e. The van der Waals surface area contributed by atoms with Crippen LogP contribution in [0.1, 0.15) is 0 Å². The van der Waals surface area contributed by atoms with E-state index in [1.807, 2.05) is 0 Å². The summed E-state index contributed by atoms with van der Waals surface area (Å²) in [5, 5.41) is 10.5. The highest BCUT2D eigenvalue weighted by atomic mass is 35.5. The number of nitrogens with one attached hydrogen (secondary N) is 1. The zero-order chi connectivity index (χ0) is 10.9. The monoisotopic (exact) mass is 237 g/mol. The van der Waals surface area contributed by atoms with Gasteiger partial charge in [0.15, 0.2) is 0 Å². The Labute approximate surface area is 86.2 Å². The van der Waals surface area contributed by atoms with Crippen molar-refractivity contribution in [3.63, 3.8) is 0 Å². The van der Waals surface area contributed by atoms with Crippen LogP contribution in [-0.2, 0) is 10.1 Å². The van der Waals surface area contributed by atoms with Crippen LogP contribution >= 0.6 is 11.6 Å². The standard InChI is InChI=1S/C7H8ClNO4S/c1-9(10)5-2-3-6(8)7(4-5)14(11,12)13/h2-4,9H,1H3,(H,11,12,13). The molecule has 0 heterocycles. The van der Waals surface area contributed by atoms with Gasteiger partial charge in [-0.25, -0.2) is 0 Å². The van der Waals surface area contributed by atoms with E-state index in [0.717, 1.165) is 6.07 Å². The Hall–Kier alpha value is -0.660. The van der Waals surface area contributed by atoms with Crippen molar-refractivity contribution in [3.05, 3.63) is 28.4 Å². The maximum Gasteiger partial charge on any atom is 0.296 e. The van der Waals surface area contributed by atoms with Gasteiger partial charge in [0.1, 0.15) is 10.6 Å². The van der Waals surface area contributed by atoms with Gasteiger partial charge >= 0.3 is 0 Å². The summed E-state index contributed by atoms with van der Waals surface area (Å²) < 4.78 is 30.3. The molecule has 0 aromatic heterocycles. The van der Waals surface area contributed by atoms with Crippen molar-refractivity contribution in [1.29, 1.82) is 0 Å². The normalized spacial score (nSPS) is 14.0. The Morgan fingerprint density at radius 2 is 2.07 bits per heavy atom. The van der Waals surface area contributed by atoms with Crippen molar-refractivity contribution in [2.75, 3.05) is 7.05 Å². The molecule has 5 nitrogen and oxygen atoms in total. The van der Waals surface area contributed by atoms with Crippen molar-refractivity contribution >= 4 is 27.4 Å². The summed E-state index contributed by atoms with van der Waals surface area (Å²) in [6.07, 6.45) is 0. The first-order chi connectivity index (χ1) is 6.32. The lowest BCUT2D eigenvalue weighted by atomic mass is 10.3. The van der Waals surface area contributed by atoms with E-state index in [0.29, 0.717) is 0 Å². The van der Waals surface area contributed by atoms with Crippen molar-refractivity contribution in [1.82, 2.24) is 0 Å². The molecule has 1 aromatic rings. The SMILES string of the molecule is C[NH+]([O-])c1ccc(Cl)c(S(=O)(=O)O)c1. The summed E-state index contributed by atoms with van der Waals surface area (Å²) in [7, 11) is -3.08. The lowest BCUT2D eigenvalue weighted by molar-refractivity contribution is -0.751. The van der Waals surface area contributed by atoms with E-state index in [9.17, 15) is 13.6 Å². The highest BCUT2D eigenvalue weighted by Gasteiger charge is 2.16. The number of halogens is 1. The molecule has 0 bridgehead atoms. The van der Waals surface area contributed by atoms with Crippen LogP contribution in [0.3, 0.4) is 0 Å². The minimum absolute atomic E-state index is 0.113. The molecule has 1 unspecified atom stereocenters. The van der Waals surface area contributed by atoms with Crippen molar-refractivity contribution in [2.24, 2.45) is 0 Å². The van der Waals surface area contributed by atoms with Crippen LogP contribution in [0.2, 0.25) is 5.02 Å². The van der Waals surface area contributed by atoms with Gasteiger partial charge in [0.2, 0.25) is 0 Å². The minimum atomic E-state index is -4.37. The van der Waals surface area contributed by atoms with E-state index >= 15 is 0 Å². The molecule has 2 N–H and O–H groups in total. The molecule has 0 radical (unpaired) electrons. The number of quaternary nitrogens is 1. The van der Waals surface area contributed by atoms with Gasteiger partial charge in [-0.1, -0.05) is 11.6 Å². The third kappa shape index (κ3) is 2.43. The first-order valence-electron chi connectivity index (χ1n) is 3.60. The summed E-state index contributed by atoms with van der Waals surface area (Å²) in [5.41, 5.74) is 0.182. The van der Waals surface area contributed by atoms with Gasteiger partial charge in [-0.3, -0.25) is 4.55 Å². The average molecular weight is 238 g/mol. The van der Waals surface area contributed by atoms with E-state index in [1.54, 1.807) is 0 Å². The second-order valence-electron chi connectivity index (χ2n) is 2.68. The largest absolute Gasteiger partial charge is 0.629 e. The molecule has 1 aromatic carbocycles. The Kier molecular flexibility index (Phi) is 3.13. The van der Waals surface area contributed by atoms with Crippen LogP contribution < -0.4 is 5.06 Å². The van der Waals surface area contributed by atoms with Crippen LogP contribution in [0.4, 0.5) is 5.69 Å². The predicted molar refractivity (Wildman–Crippen MR) is 51.2 cm³/mol. The van der Waals surface area contributed by atoms with E-state index in [2.05, 4.69) is 0 Å². The number of benzene rings is 1. The zero-order valence-corrected chi connectivity index (χ0v) is 8.76. The molecule has 78 valence electrons. The molecule has 0 amide bonds. The number of hydrogen-bond donors (Lipinski definition) is 2. The Morgan fingerprint density at radius 3 is 2.50 bits per heavy atom. The van der Waals surface area contributed by atoms with Gasteiger partial charge < -0.3 is 10.3 Å². The fourth-order valence-electron chi connectivity index (χ4n) is 0.920. The average Bonchev–Trinajstić information content (AvgIpc) is 2.02. The lowest BCUT2D eigenvalue weighted by Gasteiger charge is -2.16. The lowest BCUT2D eigenvalue weighted by Crippen LogP contribution is -2.98. The second-order valence-corrected chi connectivity index (χ2v) is 4.47. The molecule has 0 saturated carbocycles. The molecular formula is C7H8ClNO4S. The number of hydrogen-bond acceptors (Lipinski definition) is 3. The van der Waals surface area contributed by atoms with Crippen LogP contribution in [0.15, 0.2) is 23.1 Å². The third-order valence-electron chi connectivity index (χ3n) is 1.62. The van der Waals surface area contributed by atoms with Gasteiger partial charge in [-0.15, -0.1) is 0 Å². The first-order valence-corrected chi connectivity index (χ1v) is 5.42. The van der Waals surface area contributed by atoms with Crippen LogP contribution in [0, 0.1) is 5.21 Å². The van der Waals surface area contributed by atoms with Gasteiger partial charge in [-0.05, 0) is 6.07 Å². The molecule has 1 atom stereocenters. The first kappa shape index (κ1) is 11.4. The van der Waals surface area contributed by atoms with Crippen molar-refractivity contribution in [2.45, 2.75) is 4.90 Å². The molecule has 0 saturated heterocycles. The van der Waals surface area contributed by atoms with Crippen LogP contribution in [0.25, 0.3) is 0 Å². The predicted octanol–water partition coefficient (Wildman–Crippen LogP) is 0.231. The Balaban J connectivity index is 3.37. The summed E-state index contributed by atoms with van der Waals surface area (Å²) in [4.78, 5) is -0.452. The molecule has 0 aliphatic carbocycles. The van der Waals surface area contributed by atoms with Gasteiger partial charge in [0, 0.05) is 12.1 Å². The number of hydroxylamine groups is 1. The summed E-state index contributed by atoms with van der Waals surface area (Å²) in [6, 6.07) is 3.68. The van der Waals surface area contributed by atoms with Crippen LogP contribution in [0.5, 0.6) is 0 Å². The fraction of sp³-hybridized carbons (Fsp3) is 0.143. The summed E-state index contributed by atoms with van der Waals surface area (Å²) >= 11 is 5.54. The van der Waals surface area contributed by atoms with E-state index in [4.69, 9.17) is 16.2 Å². The molecule has 0 spiro atoms. The zero-order valence-electron chi connectivity index (χ0n) is 7.19. The van der Waals surface area contributed by atoms with Gasteiger partial charge in [0.25, 0.3) is 10.1 Å². The molecule has 0 aliphatic rings. The van der Waals surface area contributed by atoms with Crippen molar-refractivity contribution in [3.8, 4) is 0 Å². The maximum absolute atomic E-state index is 10.9. The van der Waals surface area contributed by atoms with Crippen molar-refractivity contribution < 1.29 is 18.0 Å². The molecule has 0 aliphatic heterocycles. The molecular weight excluding hydrogens is 230 g/mol. The highest BCUT2D eigenvalue weighted by molar-refractivity contribution is 7.86. The smallest absolute Gasteiger partial charge is 0.296 e. The van der Waals surface area contributed by atoms with E-state index in [-0.39, 0.29) is 15.8 Å². The Bertz CT molecular complexity index is 443. The molecule has 0 fully saturated rings. The Morgan fingerprint density at radius 1 is 1.50 bits per heavy atom. The summed E-state index contributed by atoms with van der Waals surface area (Å²) in [6.45, 7) is 0. The quantitative estimate of drug-likeness (QED) is 0.570. The highest BCUT2D eigenvalue weighted by Crippen LogP contribution is 2.22. The topological polar surface area (TPSA) is 81.9 Å². The summed E-state index contributed by atoms with van der Waals surface area (Å²) in [5.74, 6) is 0. The van der Waals surface area contributed by atoms with Gasteiger partial charge in [0.05, 0.1) is 12.1 Å². The van der Waals surface area contributed by atoms with Crippen LogP contribution in [-0.4, -0.2) is 20.0 Å². The van der Waals surface area contributed by atoms with Gasteiger partial charge in [-0.2, -0.15) is 8.42 Å². The molecule has 7 heteroatoms. The van der Waals surface area contributed by atoms with E-state index in [1.165, 1.54) is 19.2 Å².